The average molecular weight is 450 g/mol. The Morgan fingerprint density at radius 3 is 2.69 bits per heavy atom. The maximum atomic E-state index is 13.2. The number of halogens is 2. The number of nitrogens with zero attached hydrogens (tertiary/aromatic N) is 3. The molecule has 29 heavy (non-hydrogen) atoms. The maximum absolute atomic E-state index is 13.2. The standard InChI is InChI=1S/C21H21Cl2N3O2S/c1-29-17-7-6-12(10-24-17)8-13-9-14-20(19(23)18(13)22)25-11-26(21(14)28)15-4-2-3-5-16(15)27/h6-7,9-11,15-16,27H,2-5,8H2,1H3. The molecule has 1 aliphatic carbocycles. The second kappa shape index (κ2) is 8.64. The average Bonchev–Trinajstić information content (AvgIpc) is 2.74. The first kappa shape index (κ1) is 20.7. The molecule has 1 aliphatic rings. The molecule has 1 N–H and O–H groups in total. The SMILES string of the molecule is CSc1ccc(Cc2cc3c(=O)n(C4CCCCC4O)cnc3c(Cl)c2Cl)cn1. The number of rotatable bonds is 4. The van der Waals surface area contributed by atoms with Gasteiger partial charge in [0.05, 0.1) is 44.4 Å². The van der Waals surface area contributed by atoms with E-state index in [9.17, 15) is 9.90 Å². The molecule has 5 nitrogen and oxygen atoms in total. The first-order valence-electron chi connectivity index (χ1n) is 9.54. The van der Waals surface area contributed by atoms with Crippen LogP contribution < -0.4 is 5.56 Å². The molecule has 1 saturated carbocycles. The highest BCUT2D eigenvalue weighted by Crippen LogP contribution is 2.34. The Morgan fingerprint density at radius 2 is 2.00 bits per heavy atom. The number of fused-ring (bicyclic) bond motifs is 1. The van der Waals surface area contributed by atoms with Crippen molar-refractivity contribution in [2.24, 2.45) is 0 Å². The van der Waals surface area contributed by atoms with Crippen molar-refractivity contribution in [1.82, 2.24) is 14.5 Å². The number of aliphatic hydroxyl groups is 1. The highest BCUT2D eigenvalue weighted by molar-refractivity contribution is 7.98. The zero-order chi connectivity index (χ0) is 20.5. The summed E-state index contributed by atoms with van der Waals surface area (Å²) >= 11 is 14.5. The number of thioether (sulfide) groups is 1. The molecular weight excluding hydrogens is 429 g/mol. The number of hydrogen-bond donors (Lipinski definition) is 1. The van der Waals surface area contributed by atoms with Gasteiger partial charge in [-0.1, -0.05) is 42.1 Å². The van der Waals surface area contributed by atoms with E-state index >= 15 is 0 Å². The van der Waals surface area contributed by atoms with Crippen LogP contribution in [0.1, 0.15) is 42.9 Å². The molecule has 0 bridgehead atoms. The van der Waals surface area contributed by atoms with Crippen LogP contribution in [0.15, 0.2) is 40.5 Å². The van der Waals surface area contributed by atoms with E-state index < -0.39 is 6.10 Å². The Labute approximate surface area is 183 Å². The van der Waals surface area contributed by atoms with Gasteiger partial charge in [0, 0.05) is 12.6 Å². The molecule has 0 aliphatic heterocycles. The molecule has 152 valence electrons. The van der Waals surface area contributed by atoms with Gasteiger partial charge in [0.1, 0.15) is 0 Å². The van der Waals surface area contributed by atoms with Crippen LogP contribution in [0.2, 0.25) is 10.0 Å². The molecule has 1 aromatic carbocycles. The third-order valence-electron chi connectivity index (χ3n) is 5.48. The van der Waals surface area contributed by atoms with Crippen LogP contribution in [0.5, 0.6) is 0 Å². The molecule has 2 heterocycles. The maximum Gasteiger partial charge on any atom is 0.261 e. The normalized spacial score (nSPS) is 19.6. The zero-order valence-corrected chi connectivity index (χ0v) is 18.3. The van der Waals surface area contributed by atoms with E-state index in [0.29, 0.717) is 28.8 Å². The van der Waals surface area contributed by atoms with Crippen LogP contribution in [-0.4, -0.2) is 32.0 Å². The molecule has 3 aromatic rings. The summed E-state index contributed by atoms with van der Waals surface area (Å²) in [7, 11) is 0. The van der Waals surface area contributed by atoms with Crippen molar-refractivity contribution in [2.45, 2.75) is 49.3 Å². The number of pyridine rings is 1. The smallest absolute Gasteiger partial charge is 0.261 e. The fourth-order valence-electron chi connectivity index (χ4n) is 3.91. The second-order valence-corrected chi connectivity index (χ2v) is 8.90. The molecule has 1 fully saturated rings. The number of hydrogen-bond acceptors (Lipinski definition) is 5. The van der Waals surface area contributed by atoms with Crippen molar-refractivity contribution in [1.29, 1.82) is 0 Å². The van der Waals surface area contributed by atoms with Gasteiger partial charge in [-0.05, 0) is 42.4 Å². The van der Waals surface area contributed by atoms with Gasteiger partial charge in [-0.25, -0.2) is 9.97 Å². The first-order valence-corrected chi connectivity index (χ1v) is 11.5. The third-order valence-corrected chi connectivity index (χ3v) is 7.04. The van der Waals surface area contributed by atoms with Crippen molar-refractivity contribution in [3.05, 3.63) is 62.2 Å². The first-order chi connectivity index (χ1) is 14.0. The van der Waals surface area contributed by atoms with Gasteiger partial charge in [0.2, 0.25) is 0 Å². The van der Waals surface area contributed by atoms with Crippen LogP contribution in [0.3, 0.4) is 0 Å². The molecule has 0 amide bonds. The van der Waals surface area contributed by atoms with Crippen LogP contribution in [0.4, 0.5) is 0 Å². The summed E-state index contributed by atoms with van der Waals surface area (Å²) < 4.78 is 1.55. The molecule has 8 heteroatoms. The quantitative estimate of drug-likeness (QED) is 0.574. The third kappa shape index (κ3) is 4.04. The molecule has 2 atom stereocenters. The van der Waals surface area contributed by atoms with Crippen molar-refractivity contribution < 1.29 is 5.11 Å². The van der Waals surface area contributed by atoms with Gasteiger partial charge in [0.25, 0.3) is 5.56 Å². The van der Waals surface area contributed by atoms with Gasteiger partial charge in [0.15, 0.2) is 0 Å². The van der Waals surface area contributed by atoms with Crippen LogP contribution in [0.25, 0.3) is 10.9 Å². The minimum absolute atomic E-state index is 0.198. The fraction of sp³-hybridized carbons (Fsp3) is 0.381. The number of aromatic nitrogens is 3. The summed E-state index contributed by atoms with van der Waals surface area (Å²) in [5.74, 6) is 0. The summed E-state index contributed by atoms with van der Waals surface area (Å²) in [6.07, 6.45) is 8.65. The van der Waals surface area contributed by atoms with Gasteiger partial charge in [-0.3, -0.25) is 9.36 Å². The van der Waals surface area contributed by atoms with E-state index in [1.165, 1.54) is 6.33 Å². The monoisotopic (exact) mass is 449 g/mol. The lowest BCUT2D eigenvalue weighted by Gasteiger charge is -2.29. The van der Waals surface area contributed by atoms with E-state index in [-0.39, 0.29) is 16.6 Å². The largest absolute Gasteiger partial charge is 0.391 e. The lowest BCUT2D eigenvalue weighted by atomic mass is 9.92. The Hall–Kier alpha value is -1.60. The predicted molar refractivity (Wildman–Crippen MR) is 118 cm³/mol. The number of benzene rings is 1. The number of aliphatic hydroxyl groups excluding tert-OH is 1. The van der Waals surface area contributed by atoms with Crippen molar-refractivity contribution in [3.8, 4) is 0 Å². The van der Waals surface area contributed by atoms with E-state index in [2.05, 4.69) is 9.97 Å². The lowest BCUT2D eigenvalue weighted by molar-refractivity contribution is 0.0735. The van der Waals surface area contributed by atoms with E-state index in [4.69, 9.17) is 23.2 Å². The molecule has 0 spiro atoms. The molecule has 2 aromatic heterocycles. The van der Waals surface area contributed by atoms with E-state index in [1.54, 1.807) is 28.6 Å². The van der Waals surface area contributed by atoms with Gasteiger partial charge >= 0.3 is 0 Å². The summed E-state index contributed by atoms with van der Waals surface area (Å²) in [5, 5.41) is 12.4. The molecular formula is C21H21Cl2N3O2S. The van der Waals surface area contributed by atoms with Crippen molar-refractivity contribution in [2.75, 3.05) is 6.26 Å². The van der Waals surface area contributed by atoms with E-state index in [1.807, 2.05) is 18.4 Å². The summed E-state index contributed by atoms with van der Waals surface area (Å²) in [6.45, 7) is 0. The highest BCUT2D eigenvalue weighted by atomic mass is 35.5. The molecule has 0 radical (unpaired) electrons. The van der Waals surface area contributed by atoms with E-state index in [0.717, 1.165) is 35.4 Å². The van der Waals surface area contributed by atoms with Crippen LogP contribution >= 0.6 is 35.0 Å². The van der Waals surface area contributed by atoms with Gasteiger partial charge in [-0.2, -0.15) is 0 Å². The van der Waals surface area contributed by atoms with Crippen molar-refractivity contribution >= 4 is 45.9 Å². The Kier molecular flexibility index (Phi) is 6.16. The fourth-order valence-corrected chi connectivity index (χ4v) is 4.75. The minimum atomic E-state index is -0.538. The van der Waals surface area contributed by atoms with Gasteiger partial charge in [-0.15, -0.1) is 11.8 Å². The predicted octanol–water partition coefficient (Wildman–Crippen LogP) is 4.89. The lowest BCUT2D eigenvalue weighted by Crippen LogP contribution is -2.34. The summed E-state index contributed by atoms with van der Waals surface area (Å²) in [5.41, 5.74) is 1.93. The Morgan fingerprint density at radius 1 is 1.21 bits per heavy atom. The molecule has 4 rings (SSSR count). The Balaban J connectivity index is 1.78. The van der Waals surface area contributed by atoms with Crippen molar-refractivity contribution in [3.63, 3.8) is 0 Å². The topological polar surface area (TPSA) is 68.0 Å². The summed E-state index contributed by atoms with van der Waals surface area (Å²) in [4.78, 5) is 22.0. The summed E-state index contributed by atoms with van der Waals surface area (Å²) in [6, 6.07) is 5.46. The van der Waals surface area contributed by atoms with Crippen LogP contribution in [-0.2, 0) is 6.42 Å². The van der Waals surface area contributed by atoms with Gasteiger partial charge < -0.3 is 5.11 Å². The zero-order valence-electron chi connectivity index (χ0n) is 15.9. The Bertz CT molecular complexity index is 1100. The highest BCUT2D eigenvalue weighted by Gasteiger charge is 2.26. The molecule has 2 unspecified atom stereocenters. The van der Waals surface area contributed by atoms with Crippen LogP contribution in [0, 0.1) is 0 Å². The molecule has 0 saturated heterocycles. The minimum Gasteiger partial charge on any atom is -0.391 e. The second-order valence-electron chi connectivity index (χ2n) is 7.32.